The molecule has 2 heterocycles. The minimum absolute atomic E-state index is 0.142. The van der Waals surface area contributed by atoms with E-state index in [1.54, 1.807) is 43.3 Å². The van der Waals surface area contributed by atoms with Crippen molar-refractivity contribution in [3.8, 4) is 11.7 Å². The van der Waals surface area contributed by atoms with Gasteiger partial charge in [0.05, 0.1) is 15.5 Å². The molecule has 0 aliphatic rings. The molecule has 0 aliphatic carbocycles. The second kappa shape index (κ2) is 9.44. The van der Waals surface area contributed by atoms with Crippen molar-refractivity contribution in [2.75, 3.05) is 11.9 Å². The highest BCUT2D eigenvalue weighted by molar-refractivity contribution is 7.91. The highest BCUT2D eigenvalue weighted by atomic mass is 32.2. The van der Waals surface area contributed by atoms with E-state index in [0.717, 1.165) is 11.4 Å². The highest BCUT2D eigenvalue weighted by Gasteiger charge is 2.18. The molecule has 0 unspecified atom stereocenters. The molecule has 0 radical (unpaired) electrons. The van der Waals surface area contributed by atoms with Gasteiger partial charge in [0.15, 0.2) is 6.61 Å². The zero-order chi connectivity index (χ0) is 24.3. The lowest BCUT2D eigenvalue weighted by atomic mass is 10.3. The minimum Gasteiger partial charge on any atom is -0.484 e. The monoisotopic (exact) mass is 477 g/mol. The molecule has 0 fully saturated rings. The molecule has 2 aromatic carbocycles. The zero-order valence-corrected chi connectivity index (χ0v) is 19.7. The van der Waals surface area contributed by atoms with E-state index in [9.17, 15) is 13.2 Å². The second-order valence-electron chi connectivity index (χ2n) is 7.66. The number of aryl methyl sites for hydroxylation is 3. The fraction of sp³-hybridized carbons (Fsp3) is 0.167. The van der Waals surface area contributed by atoms with Crippen LogP contribution < -0.4 is 10.1 Å². The number of nitrogens with zero attached hydrogens (tertiary/aromatic N) is 4. The Kier molecular flexibility index (Phi) is 6.42. The van der Waals surface area contributed by atoms with Crippen LogP contribution in [0.4, 0.5) is 5.82 Å². The first kappa shape index (κ1) is 23.1. The maximum atomic E-state index is 12.7. The molecule has 0 saturated carbocycles. The van der Waals surface area contributed by atoms with Crippen LogP contribution in [0.5, 0.6) is 5.75 Å². The summed E-state index contributed by atoms with van der Waals surface area (Å²) in [6.45, 7) is 5.24. The number of hydrogen-bond donors (Lipinski definition) is 1. The largest absolute Gasteiger partial charge is 0.484 e. The fourth-order valence-electron chi connectivity index (χ4n) is 3.32. The van der Waals surface area contributed by atoms with Crippen molar-refractivity contribution in [3.05, 3.63) is 83.8 Å². The maximum Gasteiger partial charge on any atom is 0.263 e. The van der Waals surface area contributed by atoms with Crippen LogP contribution in [0.15, 0.2) is 76.5 Å². The minimum atomic E-state index is -3.62. The predicted octanol–water partition coefficient (Wildman–Crippen LogP) is 3.44. The first-order chi connectivity index (χ1) is 16.2. The van der Waals surface area contributed by atoms with Crippen molar-refractivity contribution in [2.24, 2.45) is 0 Å². The first-order valence-corrected chi connectivity index (χ1v) is 11.9. The summed E-state index contributed by atoms with van der Waals surface area (Å²) in [5.41, 5.74) is 2.26. The molecular formula is C24H23N5O4S. The van der Waals surface area contributed by atoms with E-state index in [0.29, 0.717) is 23.2 Å². The number of amides is 1. The molecule has 1 N–H and O–H groups in total. The summed E-state index contributed by atoms with van der Waals surface area (Å²) in [7, 11) is -3.62. The number of sulfone groups is 1. The molecule has 0 saturated heterocycles. The number of rotatable bonds is 7. The maximum absolute atomic E-state index is 12.7. The van der Waals surface area contributed by atoms with Gasteiger partial charge in [-0.3, -0.25) is 4.79 Å². The van der Waals surface area contributed by atoms with Gasteiger partial charge in [0, 0.05) is 17.5 Å². The molecule has 10 heteroatoms. The summed E-state index contributed by atoms with van der Waals surface area (Å²) in [6.07, 6.45) is 0. The molecular weight excluding hydrogens is 454 g/mol. The van der Waals surface area contributed by atoms with Gasteiger partial charge in [0.25, 0.3) is 11.9 Å². The molecule has 34 heavy (non-hydrogen) atoms. The van der Waals surface area contributed by atoms with E-state index < -0.39 is 15.7 Å². The average molecular weight is 478 g/mol. The summed E-state index contributed by atoms with van der Waals surface area (Å²) in [5.74, 6) is 0.730. The SMILES string of the molecule is Cc1cc(C)nc(-n2nc(C)cc2NC(=O)COc2ccc(S(=O)(=O)c3ccccc3)cc2)n1. The molecule has 4 rings (SSSR count). The molecule has 2 aromatic heterocycles. The molecule has 9 nitrogen and oxygen atoms in total. The van der Waals surface area contributed by atoms with Crippen LogP contribution in [0, 0.1) is 20.8 Å². The van der Waals surface area contributed by atoms with Crippen molar-refractivity contribution < 1.29 is 17.9 Å². The molecule has 174 valence electrons. The molecule has 4 aromatic rings. The third-order valence-electron chi connectivity index (χ3n) is 4.82. The van der Waals surface area contributed by atoms with Gasteiger partial charge in [-0.05, 0) is 63.2 Å². The normalized spacial score (nSPS) is 11.3. The number of carbonyl (C=O) groups is 1. The molecule has 0 bridgehead atoms. The van der Waals surface area contributed by atoms with E-state index in [-0.39, 0.29) is 16.4 Å². The van der Waals surface area contributed by atoms with Crippen molar-refractivity contribution in [1.82, 2.24) is 19.7 Å². The molecule has 0 aliphatic heterocycles. The third-order valence-corrected chi connectivity index (χ3v) is 6.60. The zero-order valence-electron chi connectivity index (χ0n) is 18.9. The van der Waals surface area contributed by atoms with E-state index >= 15 is 0 Å². The van der Waals surface area contributed by atoms with Gasteiger partial charge in [0.1, 0.15) is 11.6 Å². The molecule has 0 spiro atoms. The van der Waals surface area contributed by atoms with Crippen molar-refractivity contribution in [3.63, 3.8) is 0 Å². The Hall–Kier alpha value is -4.05. The van der Waals surface area contributed by atoms with E-state index in [2.05, 4.69) is 20.4 Å². The lowest BCUT2D eigenvalue weighted by Gasteiger charge is -2.10. The number of anilines is 1. The fourth-order valence-corrected chi connectivity index (χ4v) is 4.60. The summed E-state index contributed by atoms with van der Waals surface area (Å²) in [6, 6.07) is 17.7. The Balaban J connectivity index is 1.42. The van der Waals surface area contributed by atoms with Gasteiger partial charge in [0.2, 0.25) is 9.84 Å². The van der Waals surface area contributed by atoms with E-state index in [1.165, 1.54) is 28.9 Å². The quantitative estimate of drug-likeness (QED) is 0.433. The summed E-state index contributed by atoms with van der Waals surface area (Å²) >= 11 is 0. The van der Waals surface area contributed by atoms with Crippen molar-refractivity contribution >= 4 is 21.6 Å². The van der Waals surface area contributed by atoms with Gasteiger partial charge in [-0.25, -0.2) is 18.4 Å². The van der Waals surface area contributed by atoms with Crippen molar-refractivity contribution in [1.29, 1.82) is 0 Å². The number of hydrogen-bond acceptors (Lipinski definition) is 7. The summed E-state index contributed by atoms with van der Waals surface area (Å²) < 4.78 is 32.4. The van der Waals surface area contributed by atoms with Crippen LogP contribution in [0.1, 0.15) is 17.1 Å². The Labute approximate surface area is 197 Å². The van der Waals surface area contributed by atoms with E-state index in [4.69, 9.17) is 4.74 Å². The standard InChI is InChI=1S/C24H23N5O4S/c1-16-13-17(2)26-24(25-16)29-22(14-18(3)28-29)27-23(30)15-33-19-9-11-21(12-10-19)34(31,32)20-7-5-4-6-8-20/h4-14H,15H2,1-3H3,(H,27,30). The number of benzene rings is 2. The second-order valence-corrected chi connectivity index (χ2v) is 9.61. The summed E-state index contributed by atoms with van der Waals surface area (Å²) in [5, 5.41) is 7.13. The number of aromatic nitrogens is 4. The number of ether oxygens (including phenoxy) is 1. The van der Waals surface area contributed by atoms with Crippen LogP contribution in [-0.4, -0.2) is 40.7 Å². The van der Waals surface area contributed by atoms with Crippen LogP contribution in [0.2, 0.25) is 0 Å². The van der Waals surface area contributed by atoms with Gasteiger partial charge >= 0.3 is 0 Å². The van der Waals surface area contributed by atoms with Crippen LogP contribution in [0.25, 0.3) is 5.95 Å². The first-order valence-electron chi connectivity index (χ1n) is 10.4. The summed E-state index contributed by atoms with van der Waals surface area (Å²) in [4.78, 5) is 21.6. The lowest BCUT2D eigenvalue weighted by Crippen LogP contribution is -2.22. The lowest BCUT2D eigenvalue weighted by molar-refractivity contribution is -0.118. The van der Waals surface area contributed by atoms with Gasteiger partial charge in [-0.1, -0.05) is 18.2 Å². The van der Waals surface area contributed by atoms with Crippen LogP contribution >= 0.6 is 0 Å². The predicted molar refractivity (Wildman–Crippen MR) is 126 cm³/mol. The van der Waals surface area contributed by atoms with Gasteiger partial charge < -0.3 is 10.1 Å². The number of nitrogens with one attached hydrogen (secondary N) is 1. The molecule has 0 atom stereocenters. The van der Waals surface area contributed by atoms with E-state index in [1.807, 2.05) is 19.9 Å². The average Bonchev–Trinajstić information content (AvgIpc) is 3.18. The van der Waals surface area contributed by atoms with Crippen LogP contribution in [0.3, 0.4) is 0 Å². The highest BCUT2D eigenvalue weighted by Crippen LogP contribution is 2.23. The smallest absolute Gasteiger partial charge is 0.263 e. The Morgan fingerprint density at radius 1 is 0.882 bits per heavy atom. The third kappa shape index (κ3) is 5.12. The van der Waals surface area contributed by atoms with Crippen LogP contribution in [-0.2, 0) is 14.6 Å². The number of carbonyl (C=O) groups excluding carboxylic acids is 1. The topological polar surface area (TPSA) is 116 Å². The Bertz CT molecular complexity index is 1410. The Morgan fingerprint density at radius 2 is 1.50 bits per heavy atom. The van der Waals surface area contributed by atoms with Gasteiger partial charge in [-0.15, -0.1) is 0 Å². The Morgan fingerprint density at radius 3 is 2.15 bits per heavy atom. The molecule has 1 amide bonds. The van der Waals surface area contributed by atoms with Crippen molar-refractivity contribution in [2.45, 2.75) is 30.6 Å². The van der Waals surface area contributed by atoms with Gasteiger partial charge in [-0.2, -0.15) is 9.78 Å².